The van der Waals surface area contributed by atoms with E-state index in [9.17, 15) is 14.0 Å². The lowest BCUT2D eigenvalue weighted by atomic mass is 9.97. The Morgan fingerprint density at radius 2 is 1.96 bits per heavy atom. The Kier molecular flexibility index (Phi) is 7.01. The van der Waals surface area contributed by atoms with E-state index in [2.05, 4.69) is 5.32 Å². The van der Waals surface area contributed by atoms with Crippen LogP contribution in [-0.2, 0) is 15.3 Å². The maximum absolute atomic E-state index is 13.3. The number of nitrogens with one attached hydrogen (secondary N) is 1. The van der Waals surface area contributed by atoms with E-state index < -0.39 is 5.97 Å². The summed E-state index contributed by atoms with van der Waals surface area (Å²) in [6, 6.07) is 13.6. The maximum Gasteiger partial charge on any atom is 0.313 e. The molecule has 0 saturated heterocycles. The Bertz CT molecular complexity index is 751. The molecule has 6 heteroatoms. The fourth-order valence-corrected chi connectivity index (χ4v) is 3.11. The van der Waals surface area contributed by atoms with Gasteiger partial charge in [0, 0.05) is 17.9 Å². The molecule has 2 N–H and O–H groups in total. The molecule has 25 heavy (non-hydrogen) atoms. The molecule has 1 atom stereocenters. The first kappa shape index (κ1) is 19.0. The summed E-state index contributed by atoms with van der Waals surface area (Å²) in [5.74, 6) is -0.786. The molecule has 2 aromatic rings. The third-order valence-corrected chi connectivity index (χ3v) is 4.60. The molecule has 0 aromatic heterocycles. The molecule has 132 valence electrons. The van der Waals surface area contributed by atoms with E-state index >= 15 is 0 Å². The van der Waals surface area contributed by atoms with Crippen LogP contribution in [0.4, 0.5) is 10.1 Å². The predicted molar refractivity (Wildman–Crippen MR) is 98.3 cm³/mol. The van der Waals surface area contributed by atoms with Crippen LogP contribution in [-0.4, -0.2) is 22.7 Å². The number of halogens is 1. The van der Waals surface area contributed by atoms with Gasteiger partial charge in [-0.2, -0.15) is 0 Å². The number of aliphatic carboxylic acids is 1. The van der Waals surface area contributed by atoms with Crippen molar-refractivity contribution in [3.8, 4) is 0 Å². The summed E-state index contributed by atoms with van der Waals surface area (Å²) in [5.41, 5.74) is 2.40. The van der Waals surface area contributed by atoms with Crippen molar-refractivity contribution in [1.29, 1.82) is 0 Å². The minimum Gasteiger partial charge on any atom is -0.481 e. The van der Waals surface area contributed by atoms with Gasteiger partial charge in [0.15, 0.2) is 0 Å². The number of amides is 1. The van der Waals surface area contributed by atoms with E-state index in [1.165, 1.54) is 23.9 Å². The topological polar surface area (TPSA) is 66.4 Å². The molecular weight excluding hydrogens is 341 g/mol. The van der Waals surface area contributed by atoms with Crippen LogP contribution in [0.15, 0.2) is 48.5 Å². The van der Waals surface area contributed by atoms with Crippen molar-refractivity contribution in [3.05, 3.63) is 65.5 Å². The van der Waals surface area contributed by atoms with Gasteiger partial charge in [-0.1, -0.05) is 31.2 Å². The Labute approximate surface area is 150 Å². The lowest BCUT2D eigenvalue weighted by Crippen LogP contribution is -2.14. The van der Waals surface area contributed by atoms with E-state index in [0.717, 1.165) is 11.1 Å². The zero-order valence-electron chi connectivity index (χ0n) is 13.9. The molecule has 0 aliphatic carbocycles. The Morgan fingerprint density at radius 3 is 2.68 bits per heavy atom. The van der Waals surface area contributed by atoms with Gasteiger partial charge >= 0.3 is 5.97 Å². The second-order valence-electron chi connectivity index (χ2n) is 5.80. The molecule has 0 aliphatic rings. The molecule has 2 aromatic carbocycles. The predicted octanol–water partition coefficient (Wildman–Crippen LogP) is 4.28. The zero-order chi connectivity index (χ0) is 18.2. The van der Waals surface area contributed by atoms with Gasteiger partial charge < -0.3 is 10.4 Å². The molecular formula is C19H20FNO3S. The van der Waals surface area contributed by atoms with E-state index in [1.54, 1.807) is 18.2 Å². The monoisotopic (exact) mass is 361 g/mol. The number of carboxylic acid groups (broad SMARTS) is 1. The molecule has 2 rings (SSSR count). The third-order valence-electron chi connectivity index (χ3n) is 3.61. The van der Waals surface area contributed by atoms with E-state index in [4.69, 9.17) is 5.11 Å². The Balaban J connectivity index is 1.90. The number of anilines is 1. The van der Waals surface area contributed by atoms with Crippen LogP contribution in [0.5, 0.6) is 0 Å². The number of carbonyl (C=O) groups excluding carboxylic acids is 1. The van der Waals surface area contributed by atoms with Gasteiger partial charge in [-0.05, 0) is 41.3 Å². The molecule has 0 aliphatic heterocycles. The van der Waals surface area contributed by atoms with Gasteiger partial charge in [-0.15, -0.1) is 11.8 Å². The van der Waals surface area contributed by atoms with Crippen molar-refractivity contribution in [2.24, 2.45) is 0 Å². The van der Waals surface area contributed by atoms with Crippen molar-refractivity contribution in [2.45, 2.75) is 25.0 Å². The Hall–Kier alpha value is -2.34. The van der Waals surface area contributed by atoms with E-state index in [-0.39, 0.29) is 29.8 Å². The van der Waals surface area contributed by atoms with E-state index in [0.29, 0.717) is 11.4 Å². The van der Waals surface area contributed by atoms with E-state index in [1.807, 2.05) is 25.1 Å². The number of carbonyl (C=O) groups is 2. The second kappa shape index (κ2) is 9.22. The smallest absolute Gasteiger partial charge is 0.313 e. The van der Waals surface area contributed by atoms with Gasteiger partial charge in [-0.3, -0.25) is 9.59 Å². The lowest BCUT2D eigenvalue weighted by Gasteiger charge is -2.13. The van der Waals surface area contributed by atoms with Crippen LogP contribution in [0.2, 0.25) is 0 Å². The summed E-state index contributed by atoms with van der Waals surface area (Å²) in [7, 11) is 0. The highest BCUT2D eigenvalue weighted by Gasteiger charge is 2.12. The summed E-state index contributed by atoms with van der Waals surface area (Å²) in [6.07, 6.45) is 0.251. The number of benzene rings is 2. The van der Waals surface area contributed by atoms with Crippen molar-refractivity contribution >= 4 is 29.3 Å². The van der Waals surface area contributed by atoms with Crippen molar-refractivity contribution in [2.75, 3.05) is 11.1 Å². The quantitative estimate of drug-likeness (QED) is 0.737. The standard InChI is InChI=1S/C19H20FNO3S/c1-13(15-5-3-6-16(20)10-15)8-18(22)21-17-7-2-4-14(9-17)11-25-12-19(23)24/h2-7,9-10,13H,8,11-12H2,1H3,(H,21,22)(H,23,24). The highest BCUT2D eigenvalue weighted by Crippen LogP contribution is 2.21. The first-order chi connectivity index (χ1) is 11.9. The van der Waals surface area contributed by atoms with Crippen LogP contribution in [0.25, 0.3) is 0 Å². The average molecular weight is 361 g/mol. The fourth-order valence-electron chi connectivity index (χ4n) is 2.42. The van der Waals surface area contributed by atoms with Crippen molar-refractivity contribution < 1.29 is 19.1 Å². The minimum atomic E-state index is -0.846. The molecule has 1 unspecified atom stereocenters. The first-order valence-corrected chi connectivity index (χ1v) is 9.03. The van der Waals surface area contributed by atoms with Crippen LogP contribution in [0.1, 0.15) is 30.4 Å². The summed E-state index contributed by atoms with van der Waals surface area (Å²) >= 11 is 1.30. The van der Waals surface area contributed by atoms with Crippen molar-refractivity contribution in [1.82, 2.24) is 0 Å². The minimum absolute atomic E-state index is 0.0434. The first-order valence-electron chi connectivity index (χ1n) is 7.88. The molecule has 0 radical (unpaired) electrons. The molecule has 0 heterocycles. The summed E-state index contributed by atoms with van der Waals surface area (Å²) in [5, 5.41) is 11.5. The maximum atomic E-state index is 13.3. The number of hydrogen-bond donors (Lipinski definition) is 2. The largest absolute Gasteiger partial charge is 0.481 e. The van der Waals surface area contributed by atoms with Gasteiger partial charge in [0.2, 0.25) is 5.91 Å². The number of hydrogen-bond acceptors (Lipinski definition) is 3. The van der Waals surface area contributed by atoms with Crippen molar-refractivity contribution in [3.63, 3.8) is 0 Å². The SMILES string of the molecule is CC(CC(=O)Nc1cccc(CSCC(=O)O)c1)c1cccc(F)c1. The average Bonchev–Trinajstić information content (AvgIpc) is 2.54. The number of carboxylic acids is 1. The highest BCUT2D eigenvalue weighted by molar-refractivity contribution is 7.99. The molecule has 0 fully saturated rings. The van der Waals surface area contributed by atoms with Gasteiger partial charge in [0.05, 0.1) is 5.75 Å². The summed E-state index contributed by atoms with van der Waals surface area (Å²) in [6.45, 7) is 1.88. The molecule has 0 saturated carbocycles. The highest BCUT2D eigenvalue weighted by atomic mass is 32.2. The summed E-state index contributed by atoms with van der Waals surface area (Å²) in [4.78, 5) is 22.7. The van der Waals surface area contributed by atoms with Crippen LogP contribution < -0.4 is 5.32 Å². The molecule has 0 bridgehead atoms. The van der Waals surface area contributed by atoms with Gasteiger partial charge in [-0.25, -0.2) is 4.39 Å². The van der Waals surface area contributed by atoms with Crippen LogP contribution >= 0.6 is 11.8 Å². The summed E-state index contributed by atoms with van der Waals surface area (Å²) < 4.78 is 13.3. The normalized spacial score (nSPS) is 11.8. The Morgan fingerprint density at radius 1 is 1.20 bits per heavy atom. The third kappa shape index (κ3) is 6.58. The fraction of sp³-hybridized carbons (Fsp3) is 0.263. The molecule has 0 spiro atoms. The molecule has 4 nitrogen and oxygen atoms in total. The lowest BCUT2D eigenvalue weighted by molar-refractivity contribution is -0.133. The molecule has 1 amide bonds. The zero-order valence-corrected chi connectivity index (χ0v) is 14.7. The van der Waals surface area contributed by atoms with Crippen LogP contribution in [0, 0.1) is 5.82 Å². The van der Waals surface area contributed by atoms with Crippen LogP contribution in [0.3, 0.4) is 0 Å². The number of thioether (sulfide) groups is 1. The van der Waals surface area contributed by atoms with Gasteiger partial charge in [0.25, 0.3) is 0 Å². The second-order valence-corrected chi connectivity index (χ2v) is 6.78. The van der Waals surface area contributed by atoms with Gasteiger partial charge in [0.1, 0.15) is 5.82 Å². The number of rotatable bonds is 8.